The number of benzene rings is 2. The van der Waals surface area contributed by atoms with Gasteiger partial charge in [-0.2, -0.15) is 10.5 Å². The molecule has 0 aliphatic rings. The van der Waals surface area contributed by atoms with Gasteiger partial charge in [-0.25, -0.2) is 4.79 Å². The van der Waals surface area contributed by atoms with Crippen molar-refractivity contribution in [2.75, 3.05) is 14.2 Å². The predicted octanol–water partition coefficient (Wildman–Crippen LogP) is 2.57. The molecule has 2 rings (SSSR count). The minimum absolute atomic E-state index is 0.355. The Morgan fingerprint density at radius 2 is 1.06 bits per heavy atom. The second kappa shape index (κ2) is 11.3. The highest BCUT2D eigenvalue weighted by atomic mass is 16.5. The van der Waals surface area contributed by atoms with Gasteiger partial charge in [0, 0.05) is 0 Å². The Hall–Kier alpha value is -4.89. The van der Waals surface area contributed by atoms with Gasteiger partial charge < -0.3 is 9.47 Å². The maximum atomic E-state index is 12.2. The Balaban J connectivity index is 2.05. The summed E-state index contributed by atoms with van der Waals surface area (Å²) in [5, 5.41) is 22.2. The maximum Gasteiger partial charge on any atom is 0.328 e. The normalized spacial score (nSPS) is 10.9. The van der Waals surface area contributed by atoms with Crippen molar-refractivity contribution < 1.29 is 23.9 Å². The lowest BCUT2D eigenvalue weighted by atomic mass is 10.1. The van der Waals surface area contributed by atoms with Gasteiger partial charge >= 0.3 is 6.03 Å². The quantitative estimate of drug-likeness (QED) is 0.530. The molecule has 0 atom stereocenters. The van der Waals surface area contributed by atoms with Crippen molar-refractivity contribution in [2.45, 2.75) is 0 Å². The SMILES string of the molecule is COc1ccc(/C=C(\C#N)C(=O)NC(=O)NC(=O)/C(C#N)=C/c2ccc(OC)cc2)cc1. The third kappa shape index (κ3) is 6.58. The van der Waals surface area contributed by atoms with Crippen molar-refractivity contribution >= 4 is 30.0 Å². The van der Waals surface area contributed by atoms with Crippen LogP contribution in [0, 0.1) is 22.7 Å². The zero-order chi connectivity index (χ0) is 23.5. The molecule has 0 spiro atoms. The number of amides is 4. The fourth-order valence-electron chi connectivity index (χ4n) is 2.40. The zero-order valence-corrected chi connectivity index (χ0v) is 17.2. The van der Waals surface area contributed by atoms with Crippen LogP contribution >= 0.6 is 0 Å². The average Bonchev–Trinajstić information content (AvgIpc) is 2.81. The lowest BCUT2D eigenvalue weighted by Gasteiger charge is -2.05. The van der Waals surface area contributed by atoms with Gasteiger partial charge in [0.2, 0.25) is 0 Å². The first-order chi connectivity index (χ1) is 15.4. The van der Waals surface area contributed by atoms with Crippen LogP contribution in [0.15, 0.2) is 59.7 Å². The summed E-state index contributed by atoms with van der Waals surface area (Å²) in [6.07, 6.45) is 2.54. The van der Waals surface area contributed by atoms with Crippen molar-refractivity contribution in [2.24, 2.45) is 0 Å². The maximum absolute atomic E-state index is 12.2. The molecule has 0 aliphatic carbocycles. The van der Waals surface area contributed by atoms with Gasteiger partial charge in [0.05, 0.1) is 14.2 Å². The summed E-state index contributed by atoms with van der Waals surface area (Å²) in [6, 6.07) is 15.3. The molecule has 4 amide bonds. The molecule has 0 aliphatic heterocycles. The minimum Gasteiger partial charge on any atom is -0.497 e. The molecular formula is C23H18N4O5. The number of rotatable bonds is 6. The van der Waals surface area contributed by atoms with Gasteiger partial charge in [0.15, 0.2) is 0 Å². The van der Waals surface area contributed by atoms with E-state index in [9.17, 15) is 24.9 Å². The number of carbonyl (C=O) groups excluding carboxylic acids is 3. The topological polar surface area (TPSA) is 141 Å². The standard InChI is InChI=1S/C23H18N4O5/c1-31-19-7-3-15(4-8-19)11-17(13-24)21(28)26-23(30)27-22(29)18(14-25)12-16-5-9-20(32-2)10-6-16/h3-12H,1-2H3,(H2,26,27,28,29,30)/b17-11+,18-12+. The van der Waals surface area contributed by atoms with Crippen LogP contribution in [0.25, 0.3) is 12.2 Å². The first kappa shape index (κ1) is 23.4. The van der Waals surface area contributed by atoms with Crippen LogP contribution in [-0.4, -0.2) is 32.1 Å². The Labute approximate surface area is 184 Å². The summed E-state index contributed by atoms with van der Waals surface area (Å²) in [5.41, 5.74) is 0.352. The van der Waals surface area contributed by atoms with Gasteiger partial charge in [-0.15, -0.1) is 0 Å². The molecule has 160 valence electrons. The van der Waals surface area contributed by atoms with E-state index in [1.54, 1.807) is 60.7 Å². The first-order valence-corrected chi connectivity index (χ1v) is 9.08. The third-order valence-corrected chi connectivity index (χ3v) is 4.04. The molecule has 0 aromatic heterocycles. The number of imide groups is 2. The molecule has 2 aromatic rings. The van der Waals surface area contributed by atoms with E-state index in [0.717, 1.165) is 0 Å². The smallest absolute Gasteiger partial charge is 0.328 e. The lowest BCUT2D eigenvalue weighted by molar-refractivity contribution is -0.116. The van der Waals surface area contributed by atoms with Gasteiger partial charge in [0.25, 0.3) is 11.8 Å². The van der Waals surface area contributed by atoms with Crippen LogP contribution in [0.1, 0.15) is 11.1 Å². The summed E-state index contributed by atoms with van der Waals surface area (Å²) in [7, 11) is 3.01. The van der Waals surface area contributed by atoms with Crippen LogP contribution in [0.5, 0.6) is 11.5 Å². The van der Waals surface area contributed by atoms with E-state index in [1.807, 2.05) is 10.6 Å². The van der Waals surface area contributed by atoms with Crippen molar-refractivity contribution in [3.63, 3.8) is 0 Å². The van der Waals surface area contributed by atoms with Crippen LogP contribution < -0.4 is 20.1 Å². The number of urea groups is 1. The number of nitrogens with zero attached hydrogens (tertiary/aromatic N) is 2. The summed E-state index contributed by atoms with van der Waals surface area (Å²) in [6.45, 7) is 0. The highest BCUT2D eigenvalue weighted by Crippen LogP contribution is 2.15. The Morgan fingerprint density at radius 3 is 1.34 bits per heavy atom. The van der Waals surface area contributed by atoms with Crippen LogP contribution in [0.2, 0.25) is 0 Å². The molecule has 0 fully saturated rings. The molecular weight excluding hydrogens is 412 g/mol. The summed E-state index contributed by atoms with van der Waals surface area (Å²) in [4.78, 5) is 36.4. The van der Waals surface area contributed by atoms with Crippen molar-refractivity contribution in [3.8, 4) is 23.6 Å². The van der Waals surface area contributed by atoms with Crippen molar-refractivity contribution in [1.82, 2.24) is 10.6 Å². The van der Waals surface area contributed by atoms with E-state index in [-0.39, 0.29) is 11.1 Å². The third-order valence-electron chi connectivity index (χ3n) is 4.04. The van der Waals surface area contributed by atoms with Gasteiger partial charge in [-0.3, -0.25) is 20.2 Å². The van der Waals surface area contributed by atoms with Crippen molar-refractivity contribution in [3.05, 3.63) is 70.8 Å². The first-order valence-electron chi connectivity index (χ1n) is 9.08. The highest BCUT2D eigenvalue weighted by molar-refractivity contribution is 6.14. The number of ether oxygens (including phenoxy) is 2. The number of nitriles is 2. The molecule has 2 aromatic carbocycles. The number of methoxy groups -OCH3 is 2. The molecule has 0 radical (unpaired) electrons. The number of nitrogens with one attached hydrogen (secondary N) is 2. The molecule has 0 bridgehead atoms. The minimum atomic E-state index is -1.17. The van der Waals surface area contributed by atoms with Crippen LogP contribution in [0.3, 0.4) is 0 Å². The molecule has 2 N–H and O–H groups in total. The predicted molar refractivity (Wildman–Crippen MR) is 115 cm³/mol. The van der Waals surface area contributed by atoms with E-state index in [1.165, 1.54) is 26.4 Å². The summed E-state index contributed by atoms with van der Waals surface area (Å²) < 4.78 is 10.1. The number of hydrogen-bond donors (Lipinski definition) is 2. The molecule has 0 unspecified atom stereocenters. The number of carbonyl (C=O) groups is 3. The lowest BCUT2D eigenvalue weighted by Crippen LogP contribution is -2.43. The van der Waals surface area contributed by atoms with Crippen molar-refractivity contribution in [1.29, 1.82) is 10.5 Å². The van der Waals surface area contributed by atoms with E-state index >= 15 is 0 Å². The second-order valence-corrected chi connectivity index (χ2v) is 6.12. The van der Waals surface area contributed by atoms with E-state index in [4.69, 9.17) is 9.47 Å². The summed E-state index contributed by atoms with van der Waals surface area (Å²) >= 11 is 0. The second-order valence-electron chi connectivity index (χ2n) is 6.12. The van der Waals surface area contributed by atoms with Crippen LogP contribution in [-0.2, 0) is 9.59 Å². The van der Waals surface area contributed by atoms with Gasteiger partial charge in [-0.1, -0.05) is 24.3 Å². The monoisotopic (exact) mass is 430 g/mol. The number of hydrogen-bond acceptors (Lipinski definition) is 7. The van der Waals surface area contributed by atoms with Gasteiger partial charge in [0.1, 0.15) is 34.8 Å². The highest BCUT2D eigenvalue weighted by Gasteiger charge is 2.17. The fourth-order valence-corrected chi connectivity index (χ4v) is 2.40. The average molecular weight is 430 g/mol. The zero-order valence-electron chi connectivity index (χ0n) is 17.2. The Kier molecular flexibility index (Phi) is 8.29. The fraction of sp³-hybridized carbons (Fsp3) is 0.0870. The molecule has 0 saturated carbocycles. The van der Waals surface area contributed by atoms with E-state index < -0.39 is 17.8 Å². The van der Waals surface area contributed by atoms with Crippen LogP contribution in [0.4, 0.5) is 4.79 Å². The molecule has 32 heavy (non-hydrogen) atoms. The Morgan fingerprint density at radius 1 is 0.719 bits per heavy atom. The Bertz CT molecular complexity index is 1060. The molecule has 0 heterocycles. The largest absolute Gasteiger partial charge is 0.497 e. The summed E-state index contributed by atoms with van der Waals surface area (Å²) in [5.74, 6) is -0.824. The molecule has 9 nitrogen and oxygen atoms in total. The molecule has 9 heteroatoms. The van der Waals surface area contributed by atoms with Gasteiger partial charge in [-0.05, 0) is 47.5 Å². The van der Waals surface area contributed by atoms with E-state index in [2.05, 4.69) is 0 Å². The molecule has 0 saturated heterocycles. The van der Waals surface area contributed by atoms with E-state index in [0.29, 0.717) is 22.6 Å².